The molecule has 4 N–H and O–H groups in total. The maximum Gasteiger partial charge on any atom is 0.303 e. The molecule has 170 valence electrons. The minimum Gasteiger partial charge on any atom is -0.481 e. The first kappa shape index (κ1) is 27.8. The zero-order valence-corrected chi connectivity index (χ0v) is 18.5. The van der Waals surface area contributed by atoms with Crippen molar-refractivity contribution in [2.45, 2.75) is 83.8 Å². The van der Waals surface area contributed by atoms with Gasteiger partial charge in [-0.05, 0) is 25.7 Å². The standard InChI is InChI=1S/C23H43NO5/c1-3-5-7-9-13-21(26)19-24(17-18-25,16-12-11-15-23(28)29)20-22(27)14-10-8-6-4-2/h9-10,13-14,21-22,25-27H,3-8,11-12,15-20H2,1-2H3/p+1/b13-9+,14-10+. The fourth-order valence-electron chi connectivity index (χ4n) is 3.55. The highest BCUT2D eigenvalue weighted by atomic mass is 16.4. The van der Waals surface area contributed by atoms with E-state index in [4.69, 9.17) is 5.11 Å². The van der Waals surface area contributed by atoms with Crippen molar-refractivity contribution in [2.75, 3.05) is 32.8 Å². The lowest BCUT2D eigenvalue weighted by atomic mass is 10.1. The number of carboxylic acid groups (broad SMARTS) is 1. The van der Waals surface area contributed by atoms with E-state index >= 15 is 0 Å². The van der Waals surface area contributed by atoms with Gasteiger partial charge in [-0.1, -0.05) is 63.8 Å². The molecule has 0 aliphatic rings. The minimum absolute atomic E-state index is 0.0442. The Hall–Kier alpha value is -1.21. The van der Waals surface area contributed by atoms with Crippen molar-refractivity contribution in [3.05, 3.63) is 24.3 Å². The summed E-state index contributed by atoms with van der Waals surface area (Å²) in [5.74, 6) is -0.817. The predicted octanol–water partition coefficient (Wildman–Crippen LogP) is 3.27. The summed E-state index contributed by atoms with van der Waals surface area (Å²) in [7, 11) is 0. The molecule has 2 unspecified atom stereocenters. The molecule has 0 aromatic heterocycles. The normalized spacial score (nSPS) is 16.3. The van der Waals surface area contributed by atoms with Crippen LogP contribution in [0, 0.1) is 0 Å². The molecule has 0 spiro atoms. The fourth-order valence-corrected chi connectivity index (χ4v) is 3.55. The summed E-state index contributed by atoms with van der Waals surface area (Å²) in [5, 5.41) is 39.6. The maximum atomic E-state index is 10.8. The third-order valence-electron chi connectivity index (χ3n) is 5.16. The Morgan fingerprint density at radius 2 is 1.38 bits per heavy atom. The lowest BCUT2D eigenvalue weighted by Crippen LogP contribution is -2.57. The van der Waals surface area contributed by atoms with Crippen LogP contribution in [0.3, 0.4) is 0 Å². The zero-order chi connectivity index (χ0) is 22.0. The molecule has 29 heavy (non-hydrogen) atoms. The third-order valence-corrected chi connectivity index (χ3v) is 5.16. The summed E-state index contributed by atoms with van der Waals surface area (Å²) >= 11 is 0. The van der Waals surface area contributed by atoms with Crippen molar-refractivity contribution >= 4 is 5.97 Å². The van der Waals surface area contributed by atoms with Gasteiger partial charge in [-0.25, -0.2) is 0 Å². The van der Waals surface area contributed by atoms with Gasteiger partial charge in [0.1, 0.15) is 31.8 Å². The van der Waals surface area contributed by atoms with E-state index in [1.54, 1.807) is 12.2 Å². The van der Waals surface area contributed by atoms with Crippen LogP contribution in [0.15, 0.2) is 24.3 Å². The van der Waals surface area contributed by atoms with Crippen molar-refractivity contribution in [1.29, 1.82) is 0 Å². The van der Waals surface area contributed by atoms with Crippen LogP contribution in [0.25, 0.3) is 0 Å². The molecule has 0 saturated carbocycles. The van der Waals surface area contributed by atoms with Crippen LogP contribution in [0.2, 0.25) is 0 Å². The second kappa shape index (κ2) is 17.6. The van der Waals surface area contributed by atoms with Crippen molar-refractivity contribution in [3.8, 4) is 0 Å². The molecule has 0 aromatic rings. The molecule has 2 atom stereocenters. The largest absolute Gasteiger partial charge is 0.481 e. The lowest BCUT2D eigenvalue weighted by molar-refractivity contribution is -0.932. The highest BCUT2D eigenvalue weighted by Gasteiger charge is 2.31. The molecule has 0 aromatic carbocycles. The fraction of sp³-hybridized carbons (Fsp3) is 0.783. The molecule has 0 rings (SSSR count). The number of nitrogens with zero attached hydrogens (tertiary/aromatic N) is 1. The number of rotatable bonds is 19. The van der Waals surface area contributed by atoms with E-state index in [1.807, 2.05) is 12.2 Å². The average molecular weight is 415 g/mol. The van der Waals surface area contributed by atoms with Crippen LogP contribution in [0.4, 0.5) is 0 Å². The first-order valence-corrected chi connectivity index (χ1v) is 11.3. The number of aliphatic hydroxyl groups is 3. The Morgan fingerprint density at radius 1 is 0.862 bits per heavy atom. The second-order valence-corrected chi connectivity index (χ2v) is 8.00. The summed E-state index contributed by atoms with van der Waals surface area (Å²) in [6, 6.07) is 0. The monoisotopic (exact) mass is 414 g/mol. The Bertz CT molecular complexity index is 438. The Labute approximate surface area is 177 Å². The molecular weight excluding hydrogens is 370 g/mol. The smallest absolute Gasteiger partial charge is 0.303 e. The highest BCUT2D eigenvalue weighted by Crippen LogP contribution is 2.15. The Kier molecular flexibility index (Phi) is 16.9. The van der Waals surface area contributed by atoms with Crippen molar-refractivity contribution in [2.24, 2.45) is 0 Å². The van der Waals surface area contributed by atoms with Gasteiger partial charge in [-0.15, -0.1) is 0 Å². The maximum absolute atomic E-state index is 10.8. The van der Waals surface area contributed by atoms with E-state index in [9.17, 15) is 20.1 Å². The van der Waals surface area contributed by atoms with Gasteiger partial charge in [0.25, 0.3) is 0 Å². The number of unbranched alkanes of at least 4 members (excludes halogenated alkanes) is 5. The van der Waals surface area contributed by atoms with Gasteiger partial charge >= 0.3 is 5.97 Å². The SMILES string of the molecule is CCCC/C=C/C(O)C[N+](CCO)(CCCCC(=O)O)CC(O)/C=C/CCCC. The highest BCUT2D eigenvalue weighted by molar-refractivity contribution is 5.66. The summed E-state index contributed by atoms with van der Waals surface area (Å²) < 4.78 is 0.370. The van der Waals surface area contributed by atoms with Crippen LogP contribution in [-0.2, 0) is 4.79 Å². The van der Waals surface area contributed by atoms with E-state index in [0.29, 0.717) is 43.5 Å². The van der Waals surface area contributed by atoms with Crippen molar-refractivity contribution < 1.29 is 29.7 Å². The summed E-state index contributed by atoms with van der Waals surface area (Å²) in [6.45, 7) is 6.05. The molecule has 0 saturated heterocycles. The van der Waals surface area contributed by atoms with E-state index in [1.165, 1.54) is 0 Å². The topological polar surface area (TPSA) is 98.0 Å². The first-order valence-electron chi connectivity index (χ1n) is 11.3. The third kappa shape index (κ3) is 15.3. The van der Waals surface area contributed by atoms with Gasteiger partial charge in [-0.2, -0.15) is 0 Å². The molecule has 0 radical (unpaired) electrons. The predicted molar refractivity (Wildman–Crippen MR) is 118 cm³/mol. The van der Waals surface area contributed by atoms with Crippen LogP contribution < -0.4 is 0 Å². The number of carboxylic acids is 1. The molecule has 0 amide bonds. The lowest BCUT2D eigenvalue weighted by Gasteiger charge is -2.40. The number of aliphatic hydroxyl groups excluding tert-OH is 3. The van der Waals surface area contributed by atoms with E-state index in [0.717, 1.165) is 38.5 Å². The molecule has 6 nitrogen and oxygen atoms in total. The number of hydrogen-bond donors (Lipinski definition) is 4. The van der Waals surface area contributed by atoms with Crippen molar-refractivity contribution in [1.82, 2.24) is 0 Å². The van der Waals surface area contributed by atoms with Gasteiger partial charge in [0.2, 0.25) is 0 Å². The average Bonchev–Trinajstić information content (AvgIpc) is 2.66. The zero-order valence-electron chi connectivity index (χ0n) is 18.5. The van der Waals surface area contributed by atoms with Gasteiger partial charge in [-0.3, -0.25) is 4.79 Å². The van der Waals surface area contributed by atoms with Crippen molar-refractivity contribution in [3.63, 3.8) is 0 Å². The van der Waals surface area contributed by atoms with E-state index in [2.05, 4.69) is 13.8 Å². The molecule has 0 aliphatic heterocycles. The van der Waals surface area contributed by atoms with Gasteiger partial charge in [0, 0.05) is 6.42 Å². The van der Waals surface area contributed by atoms with E-state index < -0.39 is 18.2 Å². The molecule has 0 fully saturated rings. The Balaban J connectivity index is 5.11. The van der Waals surface area contributed by atoms with Crippen LogP contribution in [0.5, 0.6) is 0 Å². The quantitative estimate of drug-likeness (QED) is 0.148. The van der Waals surface area contributed by atoms with Crippen LogP contribution in [-0.4, -0.2) is 75.9 Å². The molecule has 0 bridgehead atoms. The minimum atomic E-state index is -0.817. The van der Waals surface area contributed by atoms with E-state index in [-0.39, 0.29) is 13.0 Å². The first-order chi connectivity index (χ1) is 13.9. The number of quaternary nitrogens is 1. The number of hydrogen-bond acceptors (Lipinski definition) is 4. The van der Waals surface area contributed by atoms with Gasteiger partial charge in [0.05, 0.1) is 13.2 Å². The van der Waals surface area contributed by atoms with Crippen LogP contribution in [0.1, 0.15) is 71.6 Å². The molecule has 0 aliphatic carbocycles. The molecule has 0 heterocycles. The summed E-state index contributed by atoms with van der Waals surface area (Å²) in [6.07, 6.45) is 13.8. The second-order valence-electron chi connectivity index (χ2n) is 8.00. The molecule has 6 heteroatoms. The summed E-state index contributed by atoms with van der Waals surface area (Å²) in [4.78, 5) is 10.8. The number of allylic oxidation sites excluding steroid dienone is 2. The summed E-state index contributed by atoms with van der Waals surface area (Å²) in [5.41, 5.74) is 0. The van der Waals surface area contributed by atoms with Gasteiger partial charge in [0.15, 0.2) is 0 Å². The Morgan fingerprint density at radius 3 is 1.79 bits per heavy atom. The number of carbonyl (C=O) groups is 1. The van der Waals surface area contributed by atoms with Gasteiger partial charge < -0.3 is 24.9 Å². The van der Waals surface area contributed by atoms with Crippen LogP contribution >= 0.6 is 0 Å². The number of aliphatic carboxylic acids is 1. The molecular formula is C23H44NO5+.